The predicted octanol–water partition coefficient (Wildman–Crippen LogP) is 2.30. The number of hydrogen-bond acceptors (Lipinski definition) is 4. The molecule has 0 aromatic heterocycles. The monoisotopic (exact) mass is 330 g/mol. The minimum Gasteiger partial charge on any atom is -0.496 e. The topological polar surface area (TPSA) is 73.6 Å². The Morgan fingerprint density at radius 2 is 1.68 bits per heavy atom. The molecule has 0 bridgehead atoms. The summed E-state index contributed by atoms with van der Waals surface area (Å²) in [5.74, 6) is 1.21. The molecule has 0 heterocycles. The third-order valence-corrected chi connectivity index (χ3v) is 3.91. The average molecular weight is 331 g/mol. The molecule has 22 heavy (non-hydrogen) atoms. The number of ether oxygens (including phenoxy) is 2. The van der Waals surface area contributed by atoms with Gasteiger partial charge in [0, 0.05) is 17.6 Å². The number of amides is 1. The highest BCUT2D eigenvalue weighted by Crippen LogP contribution is 2.28. The van der Waals surface area contributed by atoms with E-state index in [1.165, 1.54) is 0 Å². The molecule has 6 heteroatoms. The second-order valence-electron chi connectivity index (χ2n) is 5.16. The quantitative estimate of drug-likeness (QED) is 0.767. The summed E-state index contributed by atoms with van der Waals surface area (Å²) in [7, 11) is 3.16. The van der Waals surface area contributed by atoms with Gasteiger partial charge in [0.1, 0.15) is 11.5 Å². The molecule has 0 atom stereocenters. The van der Waals surface area contributed by atoms with E-state index < -0.39 is 0 Å². The Kier molecular flexibility index (Phi) is 8.90. The molecule has 0 radical (unpaired) electrons. The van der Waals surface area contributed by atoms with E-state index in [-0.39, 0.29) is 30.3 Å². The molecular formula is C16H27ClN2O3. The van der Waals surface area contributed by atoms with Gasteiger partial charge in [0.15, 0.2) is 0 Å². The van der Waals surface area contributed by atoms with Crippen molar-refractivity contribution in [2.24, 2.45) is 5.73 Å². The van der Waals surface area contributed by atoms with Crippen molar-refractivity contribution in [2.45, 2.75) is 38.6 Å². The van der Waals surface area contributed by atoms with Gasteiger partial charge >= 0.3 is 0 Å². The van der Waals surface area contributed by atoms with E-state index in [0.717, 1.165) is 18.4 Å². The number of nitrogens with two attached hydrogens (primary N) is 1. The van der Waals surface area contributed by atoms with Gasteiger partial charge in [-0.1, -0.05) is 19.9 Å². The maximum absolute atomic E-state index is 12.1. The van der Waals surface area contributed by atoms with Crippen LogP contribution in [0.2, 0.25) is 0 Å². The molecule has 5 nitrogen and oxygen atoms in total. The molecule has 0 aliphatic rings. The van der Waals surface area contributed by atoms with E-state index in [1.54, 1.807) is 14.2 Å². The summed E-state index contributed by atoms with van der Waals surface area (Å²) < 4.78 is 10.6. The largest absolute Gasteiger partial charge is 0.496 e. The van der Waals surface area contributed by atoms with Gasteiger partial charge in [0.05, 0.1) is 20.6 Å². The lowest BCUT2D eigenvalue weighted by Gasteiger charge is -2.26. The van der Waals surface area contributed by atoms with Gasteiger partial charge < -0.3 is 20.5 Å². The van der Waals surface area contributed by atoms with E-state index in [4.69, 9.17) is 15.2 Å². The lowest BCUT2D eigenvalue weighted by molar-refractivity contribution is -0.120. The van der Waals surface area contributed by atoms with Gasteiger partial charge in [-0.25, -0.2) is 0 Å². The van der Waals surface area contributed by atoms with Crippen LogP contribution in [0.25, 0.3) is 0 Å². The highest BCUT2D eigenvalue weighted by Gasteiger charge is 2.21. The van der Waals surface area contributed by atoms with Crippen molar-refractivity contribution >= 4 is 18.3 Å². The highest BCUT2D eigenvalue weighted by molar-refractivity contribution is 5.85. The fraction of sp³-hybridized carbons (Fsp3) is 0.562. The van der Waals surface area contributed by atoms with Crippen LogP contribution in [-0.2, 0) is 11.2 Å². The highest BCUT2D eigenvalue weighted by atomic mass is 35.5. The summed E-state index contributed by atoms with van der Waals surface area (Å²) in [6.45, 7) is 4.52. The molecule has 0 unspecified atom stereocenters. The number of methoxy groups -OCH3 is 2. The van der Waals surface area contributed by atoms with Gasteiger partial charge in [0.25, 0.3) is 0 Å². The van der Waals surface area contributed by atoms with Gasteiger partial charge in [-0.15, -0.1) is 12.4 Å². The molecule has 0 spiro atoms. The van der Waals surface area contributed by atoms with E-state index in [2.05, 4.69) is 5.32 Å². The van der Waals surface area contributed by atoms with Gasteiger partial charge in [-0.2, -0.15) is 0 Å². The molecule has 0 saturated carbocycles. The molecule has 0 fully saturated rings. The Labute approximate surface area is 139 Å². The summed E-state index contributed by atoms with van der Waals surface area (Å²) in [5.41, 5.74) is 6.59. The average Bonchev–Trinajstić information content (AvgIpc) is 2.52. The summed E-state index contributed by atoms with van der Waals surface area (Å²) in [6.07, 6.45) is 1.85. The number of carbonyl (C=O) groups excluding carboxylic acids is 1. The van der Waals surface area contributed by atoms with Crippen LogP contribution in [0, 0.1) is 0 Å². The number of carbonyl (C=O) groups is 1. The van der Waals surface area contributed by atoms with Crippen molar-refractivity contribution in [1.29, 1.82) is 0 Å². The fourth-order valence-corrected chi connectivity index (χ4v) is 2.10. The second kappa shape index (κ2) is 9.54. The zero-order valence-corrected chi connectivity index (χ0v) is 14.6. The minimum atomic E-state index is -0.347. The molecule has 1 aromatic rings. The lowest BCUT2D eigenvalue weighted by Crippen LogP contribution is -2.49. The van der Waals surface area contributed by atoms with Crippen LogP contribution >= 0.6 is 12.4 Å². The van der Waals surface area contributed by atoms with Crippen molar-refractivity contribution in [1.82, 2.24) is 5.32 Å². The zero-order valence-electron chi connectivity index (χ0n) is 13.8. The first kappa shape index (κ1) is 20.5. The third kappa shape index (κ3) is 5.39. The third-order valence-electron chi connectivity index (χ3n) is 3.91. The fourth-order valence-electron chi connectivity index (χ4n) is 2.10. The Balaban J connectivity index is 0.00000441. The second-order valence-corrected chi connectivity index (χ2v) is 5.16. The number of halogens is 1. The maximum atomic E-state index is 12.1. The zero-order chi connectivity index (χ0) is 15.9. The van der Waals surface area contributed by atoms with Crippen molar-refractivity contribution in [3.8, 4) is 11.5 Å². The number of rotatable bonds is 8. The van der Waals surface area contributed by atoms with E-state index in [0.29, 0.717) is 18.0 Å². The standard InChI is InChI=1S/C16H26N2O3.ClH/c1-5-16(17,6-2)11-18-15(19)10-12-13(20-3)8-7-9-14(12)21-4;/h7-9H,5-6,10-11,17H2,1-4H3,(H,18,19);1H. The first-order valence-corrected chi connectivity index (χ1v) is 7.25. The number of benzene rings is 1. The number of nitrogens with one attached hydrogen (secondary N) is 1. The van der Waals surface area contributed by atoms with Gasteiger partial charge in [-0.05, 0) is 25.0 Å². The summed E-state index contributed by atoms with van der Waals surface area (Å²) in [4.78, 5) is 12.1. The van der Waals surface area contributed by atoms with E-state index in [1.807, 2.05) is 32.0 Å². The Bertz CT molecular complexity index is 454. The van der Waals surface area contributed by atoms with E-state index >= 15 is 0 Å². The summed E-state index contributed by atoms with van der Waals surface area (Å²) in [6, 6.07) is 5.46. The van der Waals surface area contributed by atoms with Gasteiger partial charge in [-0.3, -0.25) is 4.79 Å². The van der Waals surface area contributed by atoms with Crippen molar-refractivity contribution in [3.63, 3.8) is 0 Å². The van der Waals surface area contributed by atoms with Crippen molar-refractivity contribution in [2.75, 3.05) is 20.8 Å². The molecule has 0 saturated heterocycles. The Hall–Kier alpha value is -1.46. The number of hydrogen-bond donors (Lipinski definition) is 2. The van der Waals surface area contributed by atoms with Crippen LogP contribution in [0.3, 0.4) is 0 Å². The van der Waals surface area contributed by atoms with Crippen LogP contribution in [-0.4, -0.2) is 32.2 Å². The summed E-state index contributed by atoms with van der Waals surface area (Å²) >= 11 is 0. The molecule has 0 aliphatic carbocycles. The lowest BCUT2D eigenvalue weighted by atomic mass is 9.94. The molecular weight excluding hydrogens is 304 g/mol. The molecule has 0 aliphatic heterocycles. The minimum absolute atomic E-state index is 0. The molecule has 1 rings (SSSR count). The molecule has 3 N–H and O–H groups in total. The normalized spacial score (nSPS) is 10.6. The van der Waals surface area contributed by atoms with Crippen LogP contribution < -0.4 is 20.5 Å². The maximum Gasteiger partial charge on any atom is 0.224 e. The predicted molar refractivity (Wildman–Crippen MR) is 91.0 cm³/mol. The Morgan fingerprint density at radius 1 is 1.18 bits per heavy atom. The van der Waals surface area contributed by atoms with Gasteiger partial charge in [0.2, 0.25) is 5.91 Å². The van der Waals surface area contributed by atoms with Crippen molar-refractivity contribution in [3.05, 3.63) is 23.8 Å². The van der Waals surface area contributed by atoms with Crippen LogP contribution in [0.1, 0.15) is 32.3 Å². The van der Waals surface area contributed by atoms with Crippen LogP contribution in [0.4, 0.5) is 0 Å². The first-order chi connectivity index (χ1) is 9.99. The SMILES string of the molecule is CCC(N)(CC)CNC(=O)Cc1c(OC)cccc1OC.Cl. The van der Waals surface area contributed by atoms with Crippen LogP contribution in [0.15, 0.2) is 18.2 Å². The van der Waals surface area contributed by atoms with Crippen molar-refractivity contribution < 1.29 is 14.3 Å². The smallest absolute Gasteiger partial charge is 0.224 e. The van der Waals surface area contributed by atoms with Crippen LogP contribution in [0.5, 0.6) is 11.5 Å². The molecule has 126 valence electrons. The Morgan fingerprint density at radius 3 is 2.09 bits per heavy atom. The first-order valence-electron chi connectivity index (χ1n) is 7.25. The molecule has 1 aromatic carbocycles. The van der Waals surface area contributed by atoms with E-state index in [9.17, 15) is 4.79 Å². The molecule has 1 amide bonds. The summed E-state index contributed by atoms with van der Waals surface area (Å²) in [5, 5.41) is 2.90.